The zero-order valence-electron chi connectivity index (χ0n) is 10.6. The minimum atomic E-state index is -0.507. The normalized spacial score (nSPS) is 14.1. The van der Waals surface area contributed by atoms with Gasteiger partial charge in [-0.05, 0) is 18.6 Å². The summed E-state index contributed by atoms with van der Waals surface area (Å²) >= 11 is 0. The summed E-state index contributed by atoms with van der Waals surface area (Å²) < 4.78 is 1.59. The van der Waals surface area contributed by atoms with Gasteiger partial charge in [-0.3, -0.25) is 19.2 Å². The highest BCUT2D eigenvalue weighted by molar-refractivity contribution is 6.52. The Balaban J connectivity index is 2.07. The van der Waals surface area contributed by atoms with Crippen LogP contribution in [-0.2, 0) is 18.4 Å². The fourth-order valence-corrected chi connectivity index (χ4v) is 2.30. The van der Waals surface area contributed by atoms with Crippen molar-refractivity contribution in [3.05, 3.63) is 41.5 Å². The average molecular weight is 256 g/mol. The number of nitrogens with zero attached hydrogens (tertiary/aromatic N) is 4. The topological polar surface area (TPSA) is 68.1 Å². The van der Waals surface area contributed by atoms with Gasteiger partial charge in [0.2, 0.25) is 0 Å². The van der Waals surface area contributed by atoms with Crippen LogP contribution in [0.4, 0.5) is 5.69 Å². The van der Waals surface area contributed by atoms with Crippen LogP contribution >= 0.6 is 0 Å². The molecule has 0 fully saturated rings. The lowest BCUT2D eigenvalue weighted by Gasteiger charge is -2.17. The van der Waals surface area contributed by atoms with Crippen molar-refractivity contribution in [3.8, 4) is 0 Å². The number of para-hydroxylation sites is 1. The van der Waals surface area contributed by atoms with E-state index < -0.39 is 11.7 Å². The Morgan fingerprint density at radius 3 is 2.74 bits per heavy atom. The summed E-state index contributed by atoms with van der Waals surface area (Å²) in [7, 11) is 1.75. The molecule has 0 spiro atoms. The maximum Gasteiger partial charge on any atom is 0.299 e. The van der Waals surface area contributed by atoms with E-state index in [-0.39, 0.29) is 6.54 Å². The van der Waals surface area contributed by atoms with Crippen LogP contribution in [0.2, 0.25) is 0 Å². The monoisotopic (exact) mass is 256 g/mol. The molecular formula is C13H12N4O2. The maximum absolute atomic E-state index is 12.1. The Bertz CT molecular complexity index is 690. The van der Waals surface area contributed by atoms with Crippen LogP contribution in [0.25, 0.3) is 0 Å². The zero-order valence-corrected chi connectivity index (χ0v) is 10.6. The molecule has 0 N–H and O–H groups in total. The molecule has 1 aliphatic heterocycles. The number of carbonyl (C=O) groups is 2. The summed E-state index contributed by atoms with van der Waals surface area (Å²) in [6.07, 6.45) is 1.43. The molecule has 1 aliphatic rings. The van der Waals surface area contributed by atoms with Crippen molar-refractivity contribution in [2.24, 2.45) is 7.05 Å². The minimum absolute atomic E-state index is 0.249. The molecule has 19 heavy (non-hydrogen) atoms. The van der Waals surface area contributed by atoms with Crippen molar-refractivity contribution in [2.45, 2.75) is 13.5 Å². The minimum Gasteiger partial charge on any atom is -0.297 e. The number of benzene rings is 1. The number of carbonyl (C=O) groups excluding carboxylic acids is 2. The first-order valence-electron chi connectivity index (χ1n) is 5.88. The number of anilines is 1. The van der Waals surface area contributed by atoms with Gasteiger partial charge in [0.15, 0.2) is 0 Å². The van der Waals surface area contributed by atoms with Crippen LogP contribution in [-0.4, -0.2) is 26.5 Å². The van der Waals surface area contributed by atoms with Gasteiger partial charge in [0.1, 0.15) is 12.2 Å². The van der Waals surface area contributed by atoms with E-state index in [1.54, 1.807) is 23.9 Å². The van der Waals surface area contributed by atoms with Crippen molar-refractivity contribution in [2.75, 3.05) is 4.90 Å². The van der Waals surface area contributed by atoms with Gasteiger partial charge in [-0.15, -0.1) is 0 Å². The van der Waals surface area contributed by atoms with E-state index in [9.17, 15) is 9.59 Å². The predicted molar refractivity (Wildman–Crippen MR) is 67.7 cm³/mol. The van der Waals surface area contributed by atoms with Gasteiger partial charge in [0.05, 0.1) is 17.8 Å². The summed E-state index contributed by atoms with van der Waals surface area (Å²) in [5.74, 6) is -0.328. The third-order valence-electron chi connectivity index (χ3n) is 3.30. The molecule has 6 nitrogen and oxygen atoms in total. The van der Waals surface area contributed by atoms with Crippen molar-refractivity contribution < 1.29 is 9.59 Å². The van der Waals surface area contributed by atoms with E-state index in [2.05, 4.69) is 10.1 Å². The van der Waals surface area contributed by atoms with Crippen LogP contribution in [0.15, 0.2) is 24.5 Å². The van der Waals surface area contributed by atoms with Crippen molar-refractivity contribution in [1.82, 2.24) is 14.8 Å². The molecule has 0 saturated carbocycles. The Morgan fingerprint density at radius 1 is 1.26 bits per heavy atom. The molecule has 0 bridgehead atoms. The summed E-state index contributed by atoms with van der Waals surface area (Å²) in [6, 6.07) is 5.35. The second-order valence-corrected chi connectivity index (χ2v) is 4.49. The van der Waals surface area contributed by atoms with E-state index >= 15 is 0 Å². The fourth-order valence-electron chi connectivity index (χ4n) is 2.30. The number of amides is 1. The van der Waals surface area contributed by atoms with Gasteiger partial charge in [-0.1, -0.05) is 12.1 Å². The third-order valence-corrected chi connectivity index (χ3v) is 3.30. The van der Waals surface area contributed by atoms with Crippen LogP contribution in [0.1, 0.15) is 21.7 Å². The molecule has 1 aromatic carbocycles. The third kappa shape index (κ3) is 1.64. The molecular weight excluding hydrogens is 244 g/mol. The molecule has 0 aliphatic carbocycles. The zero-order chi connectivity index (χ0) is 13.6. The number of hydrogen-bond donors (Lipinski definition) is 0. The molecule has 0 radical (unpaired) electrons. The first kappa shape index (κ1) is 11.6. The van der Waals surface area contributed by atoms with Gasteiger partial charge < -0.3 is 0 Å². The molecule has 2 aromatic rings. The van der Waals surface area contributed by atoms with E-state index in [1.165, 1.54) is 11.2 Å². The largest absolute Gasteiger partial charge is 0.299 e. The molecule has 0 saturated heterocycles. The molecule has 6 heteroatoms. The highest BCUT2D eigenvalue weighted by Gasteiger charge is 2.37. The average Bonchev–Trinajstić information content (AvgIpc) is 2.89. The van der Waals surface area contributed by atoms with E-state index in [0.717, 1.165) is 5.56 Å². The number of ketones is 1. The Labute approximate surface area is 109 Å². The highest BCUT2D eigenvalue weighted by atomic mass is 16.2. The SMILES string of the molecule is Cc1cccc2c1N(Cc1ncnn1C)C(=O)C2=O. The summed E-state index contributed by atoms with van der Waals surface area (Å²) in [5.41, 5.74) is 2.05. The molecule has 1 amide bonds. The second-order valence-electron chi connectivity index (χ2n) is 4.49. The van der Waals surface area contributed by atoms with Gasteiger partial charge in [-0.25, -0.2) is 4.98 Å². The molecule has 2 heterocycles. The van der Waals surface area contributed by atoms with Crippen LogP contribution in [0.5, 0.6) is 0 Å². The van der Waals surface area contributed by atoms with Gasteiger partial charge >= 0.3 is 0 Å². The quantitative estimate of drug-likeness (QED) is 0.747. The van der Waals surface area contributed by atoms with Crippen molar-refractivity contribution >= 4 is 17.4 Å². The first-order chi connectivity index (χ1) is 9.09. The molecule has 3 rings (SSSR count). The lowest BCUT2D eigenvalue weighted by Crippen LogP contribution is -2.30. The number of aryl methyl sites for hydroxylation is 2. The smallest absolute Gasteiger partial charge is 0.297 e. The highest BCUT2D eigenvalue weighted by Crippen LogP contribution is 2.32. The lowest BCUT2D eigenvalue weighted by atomic mass is 10.1. The number of rotatable bonds is 2. The number of hydrogen-bond acceptors (Lipinski definition) is 4. The van der Waals surface area contributed by atoms with Crippen molar-refractivity contribution in [3.63, 3.8) is 0 Å². The Kier molecular flexibility index (Phi) is 2.45. The number of Topliss-reactive ketones (excluding diaryl/α,β-unsaturated/α-hetero) is 1. The standard InChI is InChI=1S/C13H12N4O2/c1-8-4-3-5-9-11(8)17(13(19)12(9)18)6-10-14-7-15-16(10)2/h3-5,7H,6H2,1-2H3. The second kappa shape index (κ2) is 4.01. The number of aromatic nitrogens is 3. The predicted octanol–water partition coefficient (Wildman–Crippen LogP) is 0.853. The Morgan fingerprint density at radius 2 is 2.05 bits per heavy atom. The molecule has 96 valence electrons. The maximum atomic E-state index is 12.1. The summed E-state index contributed by atoms with van der Waals surface area (Å²) in [4.78, 5) is 29.6. The lowest BCUT2D eigenvalue weighted by molar-refractivity contribution is -0.114. The van der Waals surface area contributed by atoms with Crippen LogP contribution < -0.4 is 4.90 Å². The van der Waals surface area contributed by atoms with Gasteiger partial charge in [0.25, 0.3) is 11.7 Å². The Hall–Kier alpha value is -2.50. The van der Waals surface area contributed by atoms with Gasteiger partial charge in [0, 0.05) is 7.05 Å². The van der Waals surface area contributed by atoms with Crippen LogP contribution in [0.3, 0.4) is 0 Å². The van der Waals surface area contributed by atoms with Crippen LogP contribution in [0, 0.1) is 6.92 Å². The van der Waals surface area contributed by atoms with Crippen molar-refractivity contribution in [1.29, 1.82) is 0 Å². The molecule has 0 unspecified atom stereocenters. The van der Waals surface area contributed by atoms with Gasteiger partial charge in [-0.2, -0.15) is 5.10 Å². The summed E-state index contributed by atoms with van der Waals surface area (Å²) in [6.45, 7) is 2.13. The van der Waals surface area contributed by atoms with E-state index in [4.69, 9.17) is 0 Å². The first-order valence-corrected chi connectivity index (χ1v) is 5.88. The number of fused-ring (bicyclic) bond motifs is 1. The van der Waals surface area contributed by atoms with E-state index in [1.807, 2.05) is 13.0 Å². The van der Waals surface area contributed by atoms with E-state index in [0.29, 0.717) is 17.1 Å². The molecule has 0 atom stereocenters. The molecule has 1 aromatic heterocycles. The summed E-state index contributed by atoms with van der Waals surface area (Å²) in [5, 5.41) is 3.96. The fraction of sp³-hybridized carbons (Fsp3) is 0.231.